The zero-order valence-electron chi connectivity index (χ0n) is 59.4. The summed E-state index contributed by atoms with van der Waals surface area (Å²) in [5.74, 6) is 2.85. The number of rotatable bonds is 13. The molecule has 0 bridgehead atoms. The number of pyridine rings is 6. The maximum absolute atomic E-state index is 12.4. The van der Waals surface area contributed by atoms with Gasteiger partial charge in [0.2, 0.25) is 5.56 Å². The Hall–Kier alpha value is -7.46. The Bertz CT molecular complexity index is 3140. The van der Waals surface area contributed by atoms with Crippen LogP contribution in [0.4, 0.5) is 4.39 Å². The van der Waals surface area contributed by atoms with Crippen LogP contribution in [0.1, 0.15) is 187 Å². The van der Waals surface area contributed by atoms with Gasteiger partial charge in [-0.3, -0.25) is 34.3 Å². The molecule has 8 rings (SSSR count). The molecule has 0 spiro atoms. The topological polar surface area (TPSA) is 113 Å². The molecule has 8 aromatic rings. The van der Waals surface area contributed by atoms with E-state index in [2.05, 4.69) is 192 Å². The van der Waals surface area contributed by atoms with Gasteiger partial charge in [0.05, 0.1) is 6.20 Å². The predicted octanol–water partition coefficient (Wildman–Crippen LogP) is 19.3. The number of Topliss-reactive ketones (excluding diaryl/α,β-unsaturated/α-hetero) is 1. The van der Waals surface area contributed by atoms with Crippen molar-refractivity contribution in [1.82, 2.24) is 29.1 Å². The van der Waals surface area contributed by atoms with Gasteiger partial charge in [-0.25, -0.2) is 4.39 Å². The third-order valence-corrected chi connectivity index (χ3v) is 12.7. The highest BCUT2D eigenvalue weighted by Crippen LogP contribution is 2.21. The van der Waals surface area contributed by atoms with E-state index < -0.39 is 0 Å². The fraction of sp³-hybridized carbons (Fsp3) is 0.463. The number of carbonyl (C=O) groups is 1. The Morgan fingerprint density at radius 3 is 1.42 bits per heavy atom. The van der Waals surface area contributed by atoms with E-state index in [0.29, 0.717) is 11.3 Å². The Kier molecular flexibility index (Phi) is 38.1. The van der Waals surface area contributed by atoms with Gasteiger partial charge < -0.3 is 9.13 Å². The highest BCUT2D eigenvalue weighted by Gasteiger charge is 2.14. The number of aryl methyl sites for hydroxylation is 3. The lowest BCUT2D eigenvalue weighted by Gasteiger charge is -2.18. The summed E-state index contributed by atoms with van der Waals surface area (Å²) in [6.45, 7) is 43.2. The van der Waals surface area contributed by atoms with Crippen LogP contribution in [0.15, 0.2) is 193 Å². The minimum absolute atomic E-state index is 0.0534. The second kappa shape index (κ2) is 42.5. The summed E-state index contributed by atoms with van der Waals surface area (Å²) in [7, 11) is 3.55. The first-order valence-corrected chi connectivity index (χ1v) is 32.2. The Labute approximate surface area is 544 Å². The molecule has 0 atom stereocenters. The second-order valence-electron chi connectivity index (χ2n) is 29.0. The van der Waals surface area contributed by atoms with Crippen LogP contribution in [0.3, 0.4) is 0 Å². The van der Waals surface area contributed by atoms with Gasteiger partial charge in [-0.15, -0.1) is 0 Å². The summed E-state index contributed by atoms with van der Waals surface area (Å²) in [5.41, 5.74) is 11.6. The summed E-state index contributed by atoms with van der Waals surface area (Å²) in [6, 6.07) is 43.1. The van der Waals surface area contributed by atoms with Crippen molar-refractivity contribution < 1.29 is 9.18 Å². The minimum atomic E-state index is -0.266. The first-order chi connectivity index (χ1) is 42.0. The van der Waals surface area contributed by atoms with Crippen LogP contribution in [0.25, 0.3) is 0 Å². The normalized spacial score (nSPS) is 10.9. The van der Waals surface area contributed by atoms with Crippen LogP contribution in [-0.4, -0.2) is 34.9 Å². The summed E-state index contributed by atoms with van der Waals surface area (Å²) >= 11 is 0. The van der Waals surface area contributed by atoms with E-state index in [1.807, 2.05) is 119 Å². The first-order valence-electron chi connectivity index (χ1n) is 32.2. The van der Waals surface area contributed by atoms with E-state index >= 15 is 0 Å². The summed E-state index contributed by atoms with van der Waals surface area (Å²) < 4.78 is 15.6. The third-order valence-electron chi connectivity index (χ3n) is 12.7. The van der Waals surface area contributed by atoms with Crippen molar-refractivity contribution >= 4 is 5.78 Å². The van der Waals surface area contributed by atoms with Gasteiger partial charge in [0.1, 0.15) is 5.82 Å². The molecule has 0 amide bonds. The number of hydrogen-bond acceptors (Lipinski definition) is 7. The maximum Gasteiger partial charge on any atom is 0.250 e. The molecule has 0 N–H and O–H groups in total. The zero-order valence-corrected chi connectivity index (χ0v) is 59.4. The van der Waals surface area contributed by atoms with Crippen molar-refractivity contribution in [2.45, 2.75) is 183 Å². The second-order valence-corrected chi connectivity index (χ2v) is 29.0. The standard InChI is InChI=1S/2C11H17NO.C11H14O.C10H15N.C10H14.C9H12FN.2C9H13N/c1-11(2,3)8-9-5-6-12(4)10(13)7-9;1-11(2,3)7-9-5-6-10(13)12(4)8-9;1-8(2)11(12)10-6-4-9(3)5-7-10;1-10(2,3)8-9-6-4-5-7-11-9;1-9(2)8-10-6-4-3-5-7-10;1-7(2)5-9-4-3-8(10)6-11-9;1-8(2)7-9-3-5-10-6-4-9;1-8(2)6-9-4-3-5-10-7-9/h5-7H,8H2,1-4H3;5-6,8H,7H2,1-4H3;4-8H,1-3H3;4-7H,8H2,1-3H3;3-7,9H,8H2,1-2H3;3-4,6-7H,5H2,1-2H3;3-6,8H,7H2,1-2H3;3-5,7-8H,6H2,1-2H3. The van der Waals surface area contributed by atoms with Gasteiger partial charge in [0.15, 0.2) is 5.78 Å². The number of benzene rings is 2. The van der Waals surface area contributed by atoms with E-state index in [0.717, 1.165) is 73.1 Å². The molecule has 490 valence electrons. The molecular formula is C80H115FN6O3. The van der Waals surface area contributed by atoms with Crippen LogP contribution in [-0.2, 0) is 59.0 Å². The van der Waals surface area contributed by atoms with E-state index in [1.165, 1.54) is 52.2 Å². The SMILES string of the molecule is CC(C)(C)Cc1ccccn1.CC(C)Cc1ccc(F)cn1.CC(C)Cc1ccccc1.CC(C)Cc1cccnc1.CC(C)Cc1ccncc1.Cc1ccc(C(=O)C(C)C)cc1.Cn1cc(CC(C)(C)C)ccc1=O.Cn1ccc(CC(C)(C)C)cc1=O. The van der Waals surface area contributed by atoms with E-state index in [-0.39, 0.29) is 39.5 Å². The summed E-state index contributed by atoms with van der Waals surface area (Å²) in [5, 5.41) is 0. The van der Waals surface area contributed by atoms with Crippen LogP contribution >= 0.6 is 0 Å². The molecule has 90 heavy (non-hydrogen) atoms. The molecule has 2 aromatic carbocycles. The molecule has 6 aromatic heterocycles. The van der Waals surface area contributed by atoms with Crippen molar-refractivity contribution in [3.8, 4) is 0 Å². The lowest BCUT2D eigenvalue weighted by Crippen LogP contribution is -2.17. The van der Waals surface area contributed by atoms with E-state index in [1.54, 1.807) is 41.4 Å². The number of hydrogen-bond donors (Lipinski definition) is 0. The molecule has 9 nitrogen and oxygen atoms in total. The average Bonchev–Trinajstić information content (AvgIpc) is 3.66. The molecule has 0 fully saturated rings. The highest BCUT2D eigenvalue weighted by molar-refractivity contribution is 5.97. The van der Waals surface area contributed by atoms with Crippen LogP contribution < -0.4 is 11.1 Å². The smallest absolute Gasteiger partial charge is 0.250 e. The molecule has 0 radical (unpaired) electrons. The van der Waals surface area contributed by atoms with Crippen LogP contribution in [0.5, 0.6) is 0 Å². The fourth-order valence-electron chi connectivity index (χ4n) is 8.79. The molecule has 0 aliphatic rings. The van der Waals surface area contributed by atoms with Crippen LogP contribution in [0.2, 0.25) is 0 Å². The first kappa shape index (κ1) is 80.6. The fourth-order valence-corrected chi connectivity index (χ4v) is 8.79. The molecule has 0 unspecified atom stereocenters. The number of halogens is 1. The highest BCUT2D eigenvalue weighted by atomic mass is 19.1. The Morgan fingerprint density at radius 2 is 0.967 bits per heavy atom. The van der Waals surface area contributed by atoms with Crippen molar-refractivity contribution in [3.05, 3.63) is 260 Å². The minimum Gasteiger partial charge on any atom is -0.319 e. The zero-order chi connectivity index (χ0) is 68.0. The van der Waals surface area contributed by atoms with Gasteiger partial charge >= 0.3 is 0 Å². The Morgan fingerprint density at radius 1 is 0.444 bits per heavy atom. The quantitative estimate of drug-likeness (QED) is 0.106. The van der Waals surface area contributed by atoms with Crippen molar-refractivity contribution in [2.75, 3.05) is 0 Å². The molecule has 0 saturated carbocycles. The molecule has 0 aliphatic carbocycles. The average molecular weight is 1230 g/mol. The molecule has 0 aliphatic heterocycles. The maximum atomic E-state index is 12.4. The van der Waals surface area contributed by atoms with Crippen LogP contribution in [0, 0.1) is 58.6 Å². The monoisotopic (exact) mass is 1230 g/mol. The van der Waals surface area contributed by atoms with Crippen molar-refractivity contribution in [2.24, 2.45) is 59.9 Å². The number of carbonyl (C=O) groups excluding carboxylic acids is 1. The van der Waals surface area contributed by atoms with Crippen molar-refractivity contribution in [3.63, 3.8) is 0 Å². The van der Waals surface area contributed by atoms with Gasteiger partial charge in [-0.1, -0.05) is 210 Å². The summed E-state index contributed by atoms with van der Waals surface area (Å²) in [6.07, 6.45) is 21.7. The van der Waals surface area contributed by atoms with E-state index in [4.69, 9.17) is 0 Å². The van der Waals surface area contributed by atoms with Gasteiger partial charge in [-0.05, 0) is 168 Å². The third kappa shape index (κ3) is 42.5. The number of aromatic nitrogens is 6. The van der Waals surface area contributed by atoms with E-state index in [9.17, 15) is 18.8 Å². The van der Waals surface area contributed by atoms with Gasteiger partial charge in [-0.2, -0.15) is 0 Å². The predicted molar refractivity (Wildman–Crippen MR) is 381 cm³/mol. The molecular weight excluding hydrogens is 1110 g/mol. The summed E-state index contributed by atoms with van der Waals surface area (Å²) in [4.78, 5) is 50.0. The lowest BCUT2D eigenvalue weighted by atomic mass is 9.88. The van der Waals surface area contributed by atoms with Crippen molar-refractivity contribution in [1.29, 1.82) is 0 Å². The van der Waals surface area contributed by atoms with Gasteiger partial charge in [0, 0.05) is 92.5 Å². The number of nitrogens with zero attached hydrogens (tertiary/aromatic N) is 6. The largest absolute Gasteiger partial charge is 0.319 e. The Balaban J connectivity index is 0.000000515. The van der Waals surface area contributed by atoms with Gasteiger partial charge in [0.25, 0.3) is 5.56 Å². The number of ketones is 1. The lowest BCUT2D eigenvalue weighted by molar-refractivity contribution is 0.0939. The molecule has 6 heterocycles. The molecule has 10 heteroatoms. The molecule has 0 saturated heterocycles.